The summed E-state index contributed by atoms with van der Waals surface area (Å²) < 4.78 is 10.6. The summed E-state index contributed by atoms with van der Waals surface area (Å²) in [7, 11) is 0. The first-order valence-corrected chi connectivity index (χ1v) is 15.4. The van der Waals surface area contributed by atoms with Crippen LogP contribution in [-0.4, -0.2) is 86.0 Å². The number of carbonyl (C=O) groups excluding carboxylic acids is 4. The van der Waals surface area contributed by atoms with Gasteiger partial charge in [0.1, 0.15) is 0 Å². The minimum absolute atomic E-state index is 0.138. The molecular weight excluding hydrogens is 568 g/mol. The molecule has 0 spiro atoms. The molecule has 0 aromatic heterocycles. The molecule has 11 nitrogen and oxygen atoms in total. The number of aliphatic hydroxyl groups excluding tert-OH is 3. The molecule has 4 fully saturated rings. The quantitative estimate of drug-likeness (QED) is 0.153. The highest BCUT2D eigenvalue weighted by atomic mass is 35.5. The number of carbonyl (C=O) groups is 4. The van der Waals surface area contributed by atoms with E-state index in [1.54, 1.807) is 13.8 Å². The second-order valence-electron chi connectivity index (χ2n) is 12.6. The number of alkyl halides is 1. The van der Waals surface area contributed by atoms with Crippen LogP contribution < -0.4 is 10.6 Å². The van der Waals surface area contributed by atoms with Gasteiger partial charge in [-0.15, -0.1) is 11.6 Å². The maximum absolute atomic E-state index is 12.2. The fourth-order valence-electron chi connectivity index (χ4n) is 8.00. The number of hydrogen-bond donors (Lipinski definition) is 5. The topological polar surface area (TPSA) is 171 Å². The monoisotopic (exact) mass is 608 g/mol. The van der Waals surface area contributed by atoms with Crippen LogP contribution in [0.2, 0.25) is 0 Å². The van der Waals surface area contributed by atoms with Crippen molar-refractivity contribution in [2.45, 2.75) is 99.7 Å². The summed E-state index contributed by atoms with van der Waals surface area (Å²) in [5.41, 5.74) is -4.81. The number of aliphatic hydroxyl groups is 3. The molecule has 2 aliphatic carbocycles. The maximum atomic E-state index is 12.2. The summed E-state index contributed by atoms with van der Waals surface area (Å²) in [5.74, 6) is -2.84. The Morgan fingerprint density at radius 3 is 1.60 bits per heavy atom. The average Bonchev–Trinajstić information content (AvgIpc) is 3.27. The van der Waals surface area contributed by atoms with Gasteiger partial charge in [-0.25, -0.2) is 9.59 Å². The SMILES string of the molecule is C[C@@]12OC(=O)[C@]1([C@H](O)[C@@H]1C=CCCC1)NC(=O)[C@@H]2CCCl.C[C@@]12OC(=O)[C@]1([C@H](O)[C@@H]1C=CCCC1)NC(=O)[C@@H]2CCO. The van der Waals surface area contributed by atoms with Crippen LogP contribution in [-0.2, 0) is 28.7 Å². The number of fused-ring (bicyclic) bond motifs is 2. The zero-order chi connectivity index (χ0) is 30.5. The Hall–Kier alpha value is -2.47. The van der Waals surface area contributed by atoms with E-state index in [0.717, 1.165) is 38.5 Å². The molecule has 232 valence electrons. The van der Waals surface area contributed by atoms with Crippen LogP contribution >= 0.6 is 11.6 Å². The summed E-state index contributed by atoms with van der Waals surface area (Å²) in [6, 6.07) is 0. The lowest BCUT2D eigenvalue weighted by molar-refractivity contribution is -0.239. The van der Waals surface area contributed by atoms with Gasteiger partial charge in [0.15, 0.2) is 11.2 Å². The van der Waals surface area contributed by atoms with Crippen molar-refractivity contribution in [1.29, 1.82) is 0 Å². The van der Waals surface area contributed by atoms with Gasteiger partial charge in [0.05, 0.1) is 24.0 Å². The molecule has 0 aromatic carbocycles. The third-order valence-electron chi connectivity index (χ3n) is 10.5. The van der Waals surface area contributed by atoms with E-state index in [-0.39, 0.29) is 36.7 Å². The Kier molecular flexibility index (Phi) is 8.28. The van der Waals surface area contributed by atoms with Crippen LogP contribution in [0.3, 0.4) is 0 Å². The molecule has 6 aliphatic rings. The number of ether oxygens (including phenoxy) is 2. The second-order valence-corrected chi connectivity index (χ2v) is 13.0. The predicted octanol–water partition coefficient (Wildman–Crippen LogP) is 1.02. The lowest BCUT2D eigenvalue weighted by atomic mass is 9.64. The van der Waals surface area contributed by atoms with Crippen molar-refractivity contribution < 1.29 is 44.0 Å². The fourth-order valence-corrected chi connectivity index (χ4v) is 8.22. The van der Waals surface area contributed by atoms with Crippen molar-refractivity contribution in [3.05, 3.63) is 24.3 Å². The predicted molar refractivity (Wildman–Crippen MR) is 150 cm³/mol. The number of rotatable bonds is 8. The number of nitrogens with one attached hydrogen (secondary N) is 2. The molecule has 4 aliphatic heterocycles. The molecule has 12 heteroatoms. The Morgan fingerprint density at radius 1 is 0.833 bits per heavy atom. The Labute approximate surface area is 250 Å². The summed E-state index contributed by atoms with van der Waals surface area (Å²) in [5, 5.41) is 36.1. The molecule has 4 saturated heterocycles. The molecule has 0 saturated carbocycles. The summed E-state index contributed by atoms with van der Waals surface area (Å²) >= 11 is 5.76. The van der Waals surface area contributed by atoms with Gasteiger partial charge in [-0.2, -0.15) is 0 Å². The van der Waals surface area contributed by atoms with E-state index in [0.29, 0.717) is 12.3 Å². The number of hydrogen-bond acceptors (Lipinski definition) is 9. The first-order valence-electron chi connectivity index (χ1n) is 14.9. The highest BCUT2D eigenvalue weighted by molar-refractivity contribution is 6.18. The van der Waals surface area contributed by atoms with Gasteiger partial charge < -0.3 is 35.4 Å². The van der Waals surface area contributed by atoms with Crippen LogP contribution in [0.15, 0.2) is 24.3 Å². The molecule has 0 radical (unpaired) electrons. The fraction of sp³-hybridized carbons (Fsp3) is 0.733. The first kappa shape index (κ1) is 31.0. The first-order chi connectivity index (χ1) is 19.9. The normalized spacial score (nSPS) is 42.8. The van der Waals surface area contributed by atoms with Crippen LogP contribution in [0, 0.1) is 23.7 Å². The number of amides is 2. The minimum atomic E-state index is -1.38. The van der Waals surface area contributed by atoms with Gasteiger partial charge >= 0.3 is 11.9 Å². The molecule has 42 heavy (non-hydrogen) atoms. The second kappa shape index (κ2) is 11.2. The summed E-state index contributed by atoms with van der Waals surface area (Å²) in [6.07, 6.45) is 12.0. The van der Waals surface area contributed by atoms with Crippen LogP contribution in [0.1, 0.15) is 65.2 Å². The Balaban J connectivity index is 0.000000168. The Morgan fingerprint density at radius 2 is 1.26 bits per heavy atom. The highest BCUT2D eigenvalue weighted by Gasteiger charge is 2.80. The molecule has 4 heterocycles. The van der Waals surface area contributed by atoms with Gasteiger partial charge in [0, 0.05) is 24.3 Å². The van der Waals surface area contributed by atoms with Crippen LogP contribution in [0.4, 0.5) is 0 Å². The van der Waals surface area contributed by atoms with Gasteiger partial charge in [0.2, 0.25) is 22.9 Å². The third-order valence-corrected chi connectivity index (χ3v) is 10.7. The number of esters is 2. The molecule has 6 rings (SSSR count). The van der Waals surface area contributed by atoms with Gasteiger partial charge in [-0.05, 0) is 65.2 Å². The van der Waals surface area contributed by atoms with Crippen molar-refractivity contribution in [1.82, 2.24) is 10.6 Å². The molecule has 5 N–H and O–H groups in total. The van der Waals surface area contributed by atoms with E-state index in [1.807, 2.05) is 24.3 Å². The molecule has 0 aromatic rings. The average molecular weight is 609 g/mol. The van der Waals surface area contributed by atoms with E-state index < -0.39 is 58.3 Å². The van der Waals surface area contributed by atoms with Crippen molar-refractivity contribution in [2.75, 3.05) is 12.5 Å². The number of halogens is 1. The number of allylic oxidation sites excluding steroid dienone is 2. The highest BCUT2D eigenvalue weighted by Crippen LogP contribution is 2.54. The van der Waals surface area contributed by atoms with Gasteiger partial charge in [0.25, 0.3) is 0 Å². The van der Waals surface area contributed by atoms with E-state index in [1.165, 1.54) is 0 Å². The third kappa shape index (κ3) is 4.17. The zero-order valence-corrected chi connectivity index (χ0v) is 24.8. The van der Waals surface area contributed by atoms with E-state index in [2.05, 4.69) is 10.6 Å². The van der Waals surface area contributed by atoms with Gasteiger partial charge in [-0.3, -0.25) is 9.59 Å². The summed E-state index contributed by atoms with van der Waals surface area (Å²) in [6.45, 7) is 3.22. The van der Waals surface area contributed by atoms with Crippen LogP contribution in [0.25, 0.3) is 0 Å². The Bertz CT molecular complexity index is 1100. The van der Waals surface area contributed by atoms with E-state index >= 15 is 0 Å². The lowest BCUT2D eigenvalue weighted by Gasteiger charge is -2.54. The smallest absolute Gasteiger partial charge is 0.339 e. The van der Waals surface area contributed by atoms with E-state index in [4.69, 9.17) is 26.2 Å². The largest absolute Gasteiger partial charge is 0.453 e. The molecular formula is C30H41ClN2O9. The standard InChI is InChI=1S/C15H20ClNO4.C15H21NO5/c1-14-10(7-8-16)12(19)17-15(14,13(20)21-14)11(18)9-5-3-2-4-6-9;1-14-10(7-8-17)12(19)16-15(14,13(20)21-14)11(18)9-5-3-2-4-6-9/h3,5,9-11,18H,2,4,6-8H2,1H3,(H,17,19);3,5,9-11,17-18H,2,4,6-8H2,1H3,(H,16,19)/t2*9-,10+,11-,14+,15+/m11/s1. The zero-order valence-electron chi connectivity index (χ0n) is 24.0. The van der Waals surface area contributed by atoms with Gasteiger partial charge in [-0.1, -0.05) is 24.3 Å². The van der Waals surface area contributed by atoms with Crippen molar-refractivity contribution in [2.24, 2.45) is 23.7 Å². The van der Waals surface area contributed by atoms with E-state index in [9.17, 15) is 29.4 Å². The molecule has 2 amide bonds. The van der Waals surface area contributed by atoms with Crippen molar-refractivity contribution in [3.63, 3.8) is 0 Å². The minimum Gasteiger partial charge on any atom is -0.453 e. The maximum Gasteiger partial charge on any atom is 0.339 e. The van der Waals surface area contributed by atoms with Crippen molar-refractivity contribution >= 4 is 35.4 Å². The lowest BCUT2D eigenvalue weighted by Crippen LogP contribution is -2.80. The van der Waals surface area contributed by atoms with Crippen molar-refractivity contribution in [3.8, 4) is 0 Å². The molecule has 0 unspecified atom stereocenters. The molecule has 10 atom stereocenters. The van der Waals surface area contributed by atoms with Crippen LogP contribution in [0.5, 0.6) is 0 Å². The molecule has 0 bridgehead atoms. The summed E-state index contributed by atoms with van der Waals surface area (Å²) in [4.78, 5) is 48.7.